The van der Waals surface area contributed by atoms with Crippen molar-refractivity contribution in [3.63, 3.8) is 0 Å². The van der Waals surface area contributed by atoms with Gasteiger partial charge in [-0.2, -0.15) is 5.10 Å². The Hall–Kier alpha value is -0.910. The van der Waals surface area contributed by atoms with Gasteiger partial charge in [-0.25, -0.2) is 0 Å². The Morgan fingerprint density at radius 3 is 2.67 bits per heavy atom. The molecule has 2 N–H and O–H groups in total. The molecule has 118 valence electrons. The number of hydrogen-bond donors (Lipinski definition) is 1. The molecule has 1 unspecified atom stereocenters. The van der Waals surface area contributed by atoms with Gasteiger partial charge in [0.2, 0.25) is 0 Å². The third-order valence-electron chi connectivity index (χ3n) is 4.77. The van der Waals surface area contributed by atoms with Crippen LogP contribution in [0.4, 0.5) is 0 Å². The molecule has 0 amide bonds. The Labute approximate surface area is 128 Å². The predicted molar refractivity (Wildman–Crippen MR) is 85.1 cm³/mol. The Bertz CT molecular complexity index is 432. The summed E-state index contributed by atoms with van der Waals surface area (Å²) in [4.78, 5) is 5.17. The van der Waals surface area contributed by atoms with Crippen LogP contribution < -0.4 is 5.73 Å². The summed E-state index contributed by atoms with van der Waals surface area (Å²) in [7, 11) is 0. The van der Waals surface area contributed by atoms with Gasteiger partial charge >= 0.3 is 0 Å². The normalized spacial score (nSPS) is 22.6. The van der Waals surface area contributed by atoms with Gasteiger partial charge in [0.15, 0.2) is 0 Å². The van der Waals surface area contributed by atoms with Crippen LogP contribution >= 0.6 is 0 Å². The van der Waals surface area contributed by atoms with E-state index in [1.54, 1.807) is 0 Å². The number of aromatic nitrogens is 2. The van der Waals surface area contributed by atoms with Gasteiger partial charge < -0.3 is 10.6 Å². The molecule has 1 saturated heterocycles. The van der Waals surface area contributed by atoms with E-state index in [9.17, 15) is 0 Å². The molecule has 5 nitrogen and oxygen atoms in total. The molecule has 1 saturated carbocycles. The van der Waals surface area contributed by atoms with Gasteiger partial charge in [-0.15, -0.1) is 0 Å². The molecule has 1 aliphatic heterocycles. The lowest BCUT2D eigenvalue weighted by Gasteiger charge is -2.38. The van der Waals surface area contributed by atoms with Gasteiger partial charge in [0.25, 0.3) is 0 Å². The minimum Gasteiger partial charge on any atom is -0.329 e. The number of hydrogen-bond acceptors (Lipinski definition) is 4. The first-order valence-corrected chi connectivity index (χ1v) is 8.49. The fourth-order valence-electron chi connectivity index (χ4n) is 3.32. The van der Waals surface area contributed by atoms with Crippen LogP contribution in [0.1, 0.15) is 37.8 Å². The van der Waals surface area contributed by atoms with Gasteiger partial charge in [-0.05, 0) is 25.2 Å². The molecule has 2 aliphatic rings. The van der Waals surface area contributed by atoms with Crippen molar-refractivity contribution >= 4 is 0 Å². The zero-order valence-corrected chi connectivity index (χ0v) is 13.2. The zero-order chi connectivity index (χ0) is 14.7. The first kappa shape index (κ1) is 15.0. The Morgan fingerprint density at radius 2 is 2.05 bits per heavy atom. The first-order chi connectivity index (χ1) is 10.3. The van der Waals surface area contributed by atoms with Crippen molar-refractivity contribution in [1.82, 2.24) is 19.6 Å². The minimum absolute atomic E-state index is 0.332. The van der Waals surface area contributed by atoms with E-state index < -0.39 is 0 Å². The predicted octanol–water partition coefficient (Wildman–Crippen LogP) is 1.32. The molecule has 21 heavy (non-hydrogen) atoms. The van der Waals surface area contributed by atoms with E-state index in [1.807, 2.05) is 10.9 Å². The highest BCUT2D eigenvalue weighted by Crippen LogP contribution is 2.30. The van der Waals surface area contributed by atoms with Crippen LogP contribution in [-0.2, 0) is 6.54 Å². The Morgan fingerprint density at radius 1 is 1.29 bits per heavy atom. The third kappa shape index (κ3) is 3.84. The molecule has 0 radical (unpaired) electrons. The van der Waals surface area contributed by atoms with Gasteiger partial charge in [0.1, 0.15) is 0 Å². The SMILES string of the molecule is CCCn1cc(C(CN)N2CCN(CC3CC3)CC2)cn1. The van der Waals surface area contributed by atoms with E-state index in [2.05, 4.69) is 28.0 Å². The molecule has 1 aromatic heterocycles. The number of piperazine rings is 1. The fraction of sp³-hybridized carbons (Fsp3) is 0.812. The molecule has 1 aliphatic carbocycles. The summed E-state index contributed by atoms with van der Waals surface area (Å²) in [6.45, 7) is 9.82. The maximum absolute atomic E-state index is 6.05. The summed E-state index contributed by atoms with van der Waals surface area (Å²) in [5, 5.41) is 4.46. The Kier molecular flexibility index (Phi) is 4.93. The molecule has 5 heteroatoms. The van der Waals surface area contributed by atoms with E-state index in [4.69, 9.17) is 5.73 Å². The second-order valence-corrected chi connectivity index (χ2v) is 6.57. The summed E-state index contributed by atoms with van der Waals surface area (Å²) in [5.41, 5.74) is 7.33. The minimum atomic E-state index is 0.332. The summed E-state index contributed by atoms with van der Waals surface area (Å²) < 4.78 is 2.04. The summed E-state index contributed by atoms with van der Waals surface area (Å²) in [6.07, 6.45) is 8.19. The maximum Gasteiger partial charge on any atom is 0.0538 e. The largest absolute Gasteiger partial charge is 0.329 e. The van der Waals surface area contributed by atoms with Crippen molar-refractivity contribution < 1.29 is 0 Å². The maximum atomic E-state index is 6.05. The number of aryl methyl sites for hydroxylation is 1. The molecule has 3 rings (SSSR count). The lowest BCUT2D eigenvalue weighted by Crippen LogP contribution is -2.49. The molecule has 2 heterocycles. The van der Waals surface area contributed by atoms with E-state index in [-0.39, 0.29) is 0 Å². The highest BCUT2D eigenvalue weighted by atomic mass is 15.3. The van der Waals surface area contributed by atoms with Crippen molar-refractivity contribution in [2.24, 2.45) is 11.7 Å². The van der Waals surface area contributed by atoms with Crippen LogP contribution in [0.5, 0.6) is 0 Å². The Balaban J connectivity index is 1.55. The van der Waals surface area contributed by atoms with Gasteiger partial charge in [-0.1, -0.05) is 6.92 Å². The van der Waals surface area contributed by atoms with Crippen LogP contribution in [0, 0.1) is 5.92 Å². The number of rotatable bonds is 7. The second kappa shape index (κ2) is 6.90. The first-order valence-electron chi connectivity index (χ1n) is 8.49. The molecule has 0 spiro atoms. The molecule has 0 aromatic carbocycles. The van der Waals surface area contributed by atoms with Gasteiger partial charge in [0, 0.05) is 57.6 Å². The van der Waals surface area contributed by atoms with Crippen LogP contribution in [0.15, 0.2) is 12.4 Å². The monoisotopic (exact) mass is 291 g/mol. The van der Waals surface area contributed by atoms with Crippen molar-refractivity contribution in [2.45, 2.75) is 38.8 Å². The standard InChI is InChI=1S/C16H29N5/c1-2-5-21-13-15(11-18-21)16(10-17)20-8-6-19(7-9-20)12-14-3-4-14/h11,13-14,16H,2-10,12,17H2,1H3. The lowest BCUT2D eigenvalue weighted by molar-refractivity contribution is 0.0955. The quantitative estimate of drug-likeness (QED) is 0.823. The van der Waals surface area contributed by atoms with Crippen LogP contribution in [0.2, 0.25) is 0 Å². The fourth-order valence-corrected chi connectivity index (χ4v) is 3.32. The van der Waals surface area contributed by atoms with Crippen molar-refractivity contribution in [1.29, 1.82) is 0 Å². The average Bonchev–Trinajstić information content (AvgIpc) is 3.20. The summed E-state index contributed by atoms with van der Waals surface area (Å²) >= 11 is 0. The van der Waals surface area contributed by atoms with Crippen LogP contribution in [0.25, 0.3) is 0 Å². The van der Waals surface area contributed by atoms with E-state index >= 15 is 0 Å². The zero-order valence-electron chi connectivity index (χ0n) is 13.2. The van der Waals surface area contributed by atoms with Crippen LogP contribution in [0.3, 0.4) is 0 Å². The molecular weight excluding hydrogens is 262 g/mol. The highest BCUT2D eigenvalue weighted by Gasteiger charge is 2.29. The molecule has 1 aromatic rings. The topological polar surface area (TPSA) is 50.3 Å². The summed E-state index contributed by atoms with van der Waals surface area (Å²) in [5.74, 6) is 0.995. The molecule has 2 fully saturated rings. The van der Waals surface area contributed by atoms with Crippen LogP contribution in [-0.4, -0.2) is 58.8 Å². The third-order valence-corrected chi connectivity index (χ3v) is 4.77. The summed E-state index contributed by atoms with van der Waals surface area (Å²) in [6, 6.07) is 0.332. The van der Waals surface area contributed by atoms with Gasteiger partial charge in [0.05, 0.1) is 12.2 Å². The van der Waals surface area contributed by atoms with Crippen molar-refractivity contribution in [3.8, 4) is 0 Å². The van der Waals surface area contributed by atoms with Crippen molar-refractivity contribution in [2.75, 3.05) is 39.3 Å². The molecule has 1 atom stereocenters. The van der Waals surface area contributed by atoms with E-state index in [0.717, 1.165) is 32.0 Å². The molecule has 0 bridgehead atoms. The number of nitrogens with two attached hydrogens (primary N) is 1. The van der Waals surface area contributed by atoms with Gasteiger partial charge in [-0.3, -0.25) is 9.58 Å². The van der Waals surface area contributed by atoms with E-state index in [0.29, 0.717) is 12.6 Å². The average molecular weight is 291 g/mol. The second-order valence-electron chi connectivity index (χ2n) is 6.57. The van der Waals surface area contributed by atoms with Crippen molar-refractivity contribution in [3.05, 3.63) is 18.0 Å². The molecular formula is C16H29N5. The van der Waals surface area contributed by atoms with E-state index in [1.165, 1.54) is 38.0 Å². The smallest absolute Gasteiger partial charge is 0.0538 e. The highest BCUT2D eigenvalue weighted by molar-refractivity contribution is 5.11. The number of nitrogens with zero attached hydrogens (tertiary/aromatic N) is 4. The lowest BCUT2D eigenvalue weighted by atomic mass is 10.1.